The molecule has 0 fully saturated rings. The van der Waals surface area contributed by atoms with Crippen molar-refractivity contribution in [3.8, 4) is 6.07 Å². The van der Waals surface area contributed by atoms with E-state index in [1.165, 1.54) is 6.92 Å². The predicted molar refractivity (Wildman–Crippen MR) is 49.5 cm³/mol. The number of hydrogen-bond acceptors (Lipinski definition) is 4. The number of nitro groups is 1. The highest BCUT2D eigenvalue weighted by Crippen LogP contribution is 2.22. The molecule has 1 rings (SSSR count). The summed E-state index contributed by atoms with van der Waals surface area (Å²) >= 11 is 0. The zero-order valence-corrected chi connectivity index (χ0v) is 7.72. The summed E-state index contributed by atoms with van der Waals surface area (Å²) in [5.41, 5.74) is -0.464. The molecule has 76 valence electrons. The minimum Gasteiger partial charge on any atom is -0.478 e. The summed E-state index contributed by atoms with van der Waals surface area (Å²) in [6.07, 6.45) is 0. The van der Waals surface area contributed by atoms with E-state index in [-0.39, 0.29) is 22.4 Å². The van der Waals surface area contributed by atoms with Crippen molar-refractivity contribution in [3.63, 3.8) is 0 Å². The number of hydrogen-bond donors (Lipinski definition) is 1. The maximum Gasteiger partial charge on any atom is 0.336 e. The number of nitrogens with zero attached hydrogens (tertiary/aromatic N) is 2. The first-order valence-electron chi connectivity index (χ1n) is 3.89. The Morgan fingerprint density at radius 1 is 1.60 bits per heavy atom. The normalized spacial score (nSPS) is 9.33. The van der Waals surface area contributed by atoms with E-state index < -0.39 is 10.9 Å². The second-order valence-corrected chi connectivity index (χ2v) is 2.86. The topological polar surface area (TPSA) is 104 Å². The molecule has 0 saturated carbocycles. The van der Waals surface area contributed by atoms with E-state index in [1.54, 1.807) is 6.07 Å². The number of rotatable bonds is 2. The number of aromatic carboxylic acids is 1. The van der Waals surface area contributed by atoms with Crippen LogP contribution in [0.5, 0.6) is 0 Å². The molecule has 0 heterocycles. The van der Waals surface area contributed by atoms with Crippen molar-refractivity contribution in [2.24, 2.45) is 0 Å². The van der Waals surface area contributed by atoms with Crippen molar-refractivity contribution in [3.05, 3.63) is 38.9 Å². The van der Waals surface area contributed by atoms with E-state index in [0.29, 0.717) is 0 Å². The molecule has 6 heteroatoms. The minimum absolute atomic E-state index is 0.0999. The lowest BCUT2D eigenvalue weighted by molar-refractivity contribution is -0.385. The van der Waals surface area contributed by atoms with E-state index in [2.05, 4.69) is 0 Å². The van der Waals surface area contributed by atoms with Gasteiger partial charge >= 0.3 is 5.97 Å². The van der Waals surface area contributed by atoms with E-state index in [0.717, 1.165) is 12.1 Å². The summed E-state index contributed by atoms with van der Waals surface area (Å²) in [6.45, 7) is 1.44. The molecule has 0 aliphatic rings. The van der Waals surface area contributed by atoms with Crippen molar-refractivity contribution in [2.75, 3.05) is 0 Å². The molecule has 0 aromatic heterocycles. The molecular formula is C9H6N2O4. The molecule has 0 spiro atoms. The quantitative estimate of drug-likeness (QED) is 0.582. The molecule has 15 heavy (non-hydrogen) atoms. The molecule has 0 bridgehead atoms. The Labute approximate surface area is 84.5 Å². The van der Waals surface area contributed by atoms with Crippen LogP contribution < -0.4 is 0 Å². The van der Waals surface area contributed by atoms with Crippen LogP contribution in [0.25, 0.3) is 0 Å². The fourth-order valence-corrected chi connectivity index (χ4v) is 1.16. The Balaban J connectivity index is 3.51. The smallest absolute Gasteiger partial charge is 0.336 e. The highest BCUT2D eigenvalue weighted by Gasteiger charge is 2.18. The average molecular weight is 206 g/mol. The van der Waals surface area contributed by atoms with E-state index >= 15 is 0 Å². The van der Waals surface area contributed by atoms with Crippen LogP contribution in [0.3, 0.4) is 0 Å². The highest BCUT2D eigenvalue weighted by atomic mass is 16.6. The Bertz CT molecular complexity index is 488. The first kappa shape index (κ1) is 10.7. The highest BCUT2D eigenvalue weighted by molar-refractivity contribution is 5.90. The lowest BCUT2D eigenvalue weighted by Gasteiger charge is -2.01. The van der Waals surface area contributed by atoms with Crippen molar-refractivity contribution < 1.29 is 14.8 Å². The maximum absolute atomic E-state index is 10.7. The van der Waals surface area contributed by atoms with Gasteiger partial charge in [0.05, 0.1) is 10.5 Å². The summed E-state index contributed by atoms with van der Waals surface area (Å²) in [7, 11) is 0. The number of nitriles is 1. The third kappa shape index (κ3) is 1.91. The van der Waals surface area contributed by atoms with Crippen LogP contribution in [0.15, 0.2) is 12.1 Å². The Hall–Kier alpha value is -2.42. The number of carboxylic acid groups (broad SMARTS) is 1. The van der Waals surface area contributed by atoms with Crippen LogP contribution in [0.4, 0.5) is 5.69 Å². The van der Waals surface area contributed by atoms with Gasteiger partial charge in [0.25, 0.3) is 5.69 Å². The number of benzene rings is 1. The van der Waals surface area contributed by atoms with Crippen LogP contribution in [-0.4, -0.2) is 16.0 Å². The van der Waals surface area contributed by atoms with Crippen LogP contribution in [0, 0.1) is 28.4 Å². The first-order chi connectivity index (χ1) is 6.97. The first-order valence-corrected chi connectivity index (χ1v) is 3.89. The predicted octanol–water partition coefficient (Wildman–Crippen LogP) is 1.47. The molecule has 0 radical (unpaired) electrons. The fourth-order valence-electron chi connectivity index (χ4n) is 1.16. The molecule has 0 saturated heterocycles. The zero-order chi connectivity index (χ0) is 11.6. The second-order valence-electron chi connectivity index (χ2n) is 2.86. The zero-order valence-electron chi connectivity index (χ0n) is 7.72. The second kappa shape index (κ2) is 3.75. The lowest BCUT2D eigenvalue weighted by atomic mass is 10.0. The van der Waals surface area contributed by atoms with E-state index in [1.807, 2.05) is 0 Å². The van der Waals surface area contributed by atoms with Gasteiger partial charge in [0.1, 0.15) is 11.6 Å². The summed E-state index contributed by atoms with van der Waals surface area (Å²) in [5.74, 6) is -1.21. The van der Waals surface area contributed by atoms with Gasteiger partial charge in [0.2, 0.25) is 0 Å². The van der Waals surface area contributed by atoms with Crippen molar-refractivity contribution in [1.29, 1.82) is 5.26 Å². The van der Waals surface area contributed by atoms with E-state index in [9.17, 15) is 14.9 Å². The van der Waals surface area contributed by atoms with Gasteiger partial charge in [-0.25, -0.2) is 4.79 Å². The molecule has 1 N–H and O–H groups in total. The summed E-state index contributed by atoms with van der Waals surface area (Å²) < 4.78 is 0. The molecule has 0 unspecified atom stereocenters. The van der Waals surface area contributed by atoms with Gasteiger partial charge in [0, 0.05) is 6.07 Å². The third-order valence-corrected chi connectivity index (χ3v) is 1.89. The van der Waals surface area contributed by atoms with Crippen molar-refractivity contribution in [1.82, 2.24) is 0 Å². The molecule has 0 aliphatic heterocycles. The van der Waals surface area contributed by atoms with Crippen molar-refractivity contribution in [2.45, 2.75) is 6.92 Å². The molecule has 0 aliphatic carbocycles. The average Bonchev–Trinajstić information content (AvgIpc) is 2.16. The summed E-state index contributed by atoms with van der Waals surface area (Å²) in [4.78, 5) is 20.5. The van der Waals surface area contributed by atoms with Gasteiger partial charge < -0.3 is 5.11 Å². The van der Waals surface area contributed by atoms with Gasteiger partial charge in [-0.15, -0.1) is 0 Å². The molecule has 1 aromatic rings. The summed E-state index contributed by atoms with van der Waals surface area (Å²) in [5, 5.41) is 27.9. The maximum atomic E-state index is 10.7. The Kier molecular flexibility index (Phi) is 2.67. The fraction of sp³-hybridized carbons (Fsp3) is 0.111. The van der Waals surface area contributed by atoms with Gasteiger partial charge in [0.15, 0.2) is 0 Å². The number of nitro benzene ring substituents is 1. The van der Waals surface area contributed by atoms with Gasteiger partial charge in [-0.2, -0.15) is 5.26 Å². The van der Waals surface area contributed by atoms with Crippen LogP contribution in [0.1, 0.15) is 21.5 Å². The van der Waals surface area contributed by atoms with Gasteiger partial charge in [-0.3, -0.25) is 10.1 Å². The molecule has 0 atom stereocenters. The van der Waals surface area contributed by atoms with Crippen LogP contribution >= 0.6 is 0 Å². The largest absolute Gasteiger partial charge is 0.478 e. The number of carbonyl (C=O) groups is 1. The molecule has 0 amide bonds. The van der Waals surface area contributed by atoms with E-state index in [4.69, 9.17) is 10.4 Å². The Morgan fingerprint density at radius 2 is 2.20 bits per heavy atom. The Morgan fingerprint density at radius 3 is 2.60 bits per heavy atom. The summed E-state index contributed by atoms with van der Waals surface area (Å²) in [6, 6.07) is 3.69. The number of aryl methyl sites for hydroxylation is 1. The number of carboxylic acids is 1. The standard InChI is InChI=1S/C9H6N2O4/c1-5-2-8(11(14)15)6(4-10)3-7(5)9(12)13/h2-3H,1H3,(H,12,13). The lowest BCUT2D eigenvalue weighted by Crippen LogP contribution is -2.03. The molecule has 1 aromatic carbocycles. The van der Waals surface area contributed by atoms with Gasteiger partial charge in [-0.1, -0.05) is 0 Å². The van der Waals surface area contributed by atoms with Gasteiger partial charge in [-0.05, 0) is 18.6 Å². The van der Waals surface area contributed by atoms with Crippen molar-refractivity contribution >= 4 is 11.7 Å². The van der Waals surface area contributed by atoms with Crippen LogP contribution in [-0.2, 0) is 0 Å². The monoisotopic (exact) mass is 206 g/mol. The molecule has 6 nitrogen and oxygen atoms in total. The minimum atomic E-state index is -1.21. The SMILES string of the molecule is Cc1cc([N+](=O)[O-])c(C#N)cc1C(=O)O. The van der Waals surface area contributed by atoms with Crippen LogP contribution in [0.2, 0.25) is 0 Å². The molecular weight excluding hydrogens is 200 g/mol. The third-order valence-electron chi connectivity index (χ3n) is 1.89.